The van der Waals surface area contributed by atoms with E-state index < -0.39 is 29.1 Å². The second kappa shape index (κ2) is 12.1. The zero-order chi connectivity index (χ0) is 31.9. The van der Waals surface area contributed by atoms with E-state index in [-0.39, 0.29) is 31.0 Å². The molecule has 7 rings (SSSR count). The topological polar surface area (TPSA) is 121 Å². The maximum atomic E-state index is 14.8. The molecule has 2 aromatic carbocycles. The molecule has 11 heteroatoms. The lowest BCUT2D eigenvalue weighted by molar-refractivity contribution is -0.153. The second-order valence-electron chi connectivity index (χ2n) is 12.7. The number of aliphatic hydroxyl groups is 1. The third-order valence-electron chi connectivity index (χ3n) is 10.1. The zero-order valence-corrected chi connectivity index (χ0v) is 26.1. The number of benzene rings is 2. The predicted octanol–water partition coefficient (Wildman–Crippen LogP) is 3.30. The van der Waals surface area contributed by atoms with E-state index in [0.717, 1.165) is 29.6 Å². The largest absolute Gasteiger partial charge is 0.396 e. The highest BCUT2D eigenvalue weighted by Crippen LogP contribution is 2.58. The summed E-state index contributed by atoms with van der Waals surface area (Å²) in [6.45, 7) is 3.27. The molecule has 0 saturated carbocycles. The van der Waals surface area contributed by atoms with Gasteiger partial charge in [-0.3, -0.25) is 14.4 Å². The number of rotatable bonds is 10. The van der Waals surface area contributed by atoms with Crippen LogP contribution in [-0.2, 0) is 25.8 Å². The average molecular weight is 625 g/mol. The van der Waals surface area contributed by atoms with Crippen molar-refractivity contribution < 1.29 is 24.2 Å². The molecule has 5 atom stereocenters. The van der Waals surface area contributed by atoms with Crippen LogP contribution in [0.15, 0.2) is 78.9 Å². The Balaban J connectivity index is 1.28. The number of unbranched alkanes of at least 4 members (excludes halogenated alkanes) is 3. The standard InChI is InChI=1S/C35H40N6O5/c1-2-34-18-12-22-39(25-14-6-5-7-15-25)31(43)28(34)29-32(44)40(21-10-3-4-11-23-42)30-33(45)38(20-13-19-35(29,30)46-34)24-41-27-17-9-8-16-26(27)36-37-41/h5-9,12-19,28-30,42H,2-4,10-11,20-24H2,1H3/t28-,29+,30?,34+,35+/m1/s1. The minimum Gasteiger partial charge on any atom is -0.396 e. The summed E-state index contributed by atoms with van der Waals surface area (Å²) in [5, 5.41) is 17.8. The van der Waals surface area contributed by atoms with Gasteiger partial charge in [-0.25, -0.2) is 4.68 Å². The lowest BCUT2D eigenvalue weighted by atomic mass is 9.73. The van der Waals surface area contributed by atoms with Crippen molar-refractivity contribution >= 4 is 34.4 Å². The van der Waals surface area contributed by atoms with E-state index in [1.807, 2.05) is 85.8 Å². The fourth-order valence-electron chi connectivity index (χ4n) is 7.94. The van der Waals surface area contributed by atoms with Crippen LogP contribution in [0.1, 0.15) is 39.0 Å². The van der Waals surface area contributed by atoms with Crippen molar-refractivity contribution in [2.45, 2.75) is 62.9 Å². The number of likely N-dealkylation sites (tertiary alicyclic amines) is 1. The lowest BCUT2D eigenvalue weighted by Crippen LogP contribution is -2.56. The molecule has 1 N–H and O–H groups in total. The van der Waals surface area contributed by atoms with Crippen LogP contribution in [0.5, 0.6) is 0 Å². The number of carbonyl (C=O) groups is 3. The molecular weight excluding hydrogens is 584 g/mol. The van der Waals surface area contributed by atoms with Crippen LogP contribution in [-0.4, -0.2) is 91.1 Å². The van der Waals surface area contributed by atoms with Gasteiger partial charge in [-0.05, 0) is 43.5 Å². The van der Waals surface area contributed by atoms with Crippen molar-refractivity contribution in [1.29, 1.82) is 0 Å². The maximum Gasteiger partial charge on any atom is 0.250 e. The Kier molecular flexibility index (Phi) is 7.98. The van der Waals surface area contributed by atoms with Crippen LogP contribution in [0.25, 0.3) is 11.0 Å². The molecule has 5 heterocycles. The smallest absolute Gasteiger partial charge is 0.250 e. The van der Waals surface area contributed by atoms with Gasteiger partial charge >= 0.3 is 0 Å². The van der Waals surface area contributed by atoms with Gasteiger partial charge < -0.3 is 24.5 Å². The van der Waals surface area contributed by atoms with Crippen LogP contribution in [0, 0.1) is 11.8 Å². The third-order valence-corrected chi connectivity index (χ3v) is 10.1. The highest BCUT2D eigenvalue weighted by molar-refractivity contribution is 6.04. The summed E-state index contributed by atoms with van der Waals surface area (Å²) in [7, 11) is 0. The predicted molar refractivity (Wildman–Crippen MR) is 171 cm³/mol. The lowest BCUT2D eigenvalue weighted by Gasteiger charge is -2.38. The van der Waals surface area contributed by atoms with Crippen molar-refractivity contribution in [2.24, 2.45) is 11.8 Å². The maximum absolute atomic E-state index is 14.8. The summed E-state index contributed by atoms with van der Waals surface area (Å²) in [5.41, 5.74) is -0.0747. The first kappa shape index (κ1) is 30.3. The summed E-state index contributed by atoms with van der Waals surface area (Å²) >= 11 is 0. The minimum atomic E-state index is -1.32. The molecule has 4 aliphatic heterocycles. The summed E-state index contributed by atoms with van der Waals surface area (Å²) in [6, 6.07) is 16.1. The van der Waals surface area contributed by atoms with Gasteiger partial charge in [0.15, 0.2) is 0 Å². The van der Waals surface area contributed by atoms with Crippen molar-refractivity contribution in [2.75, 3.05) is 31.1 Å². The van der Waals surface area contributed by atoms with Crippen LogP contribution < -0.4 is 4.90 Å². The number of amides is 3. The van der Waals surface area contributed by atoms with E-state index in [0.29, 0.717) is 38.9 Å². The number of nitrogens with zero attached hydrogens (tertiary/aromatic N) is 6. The number of para-hydroxylation sites is 2. The number of hydrogen-bond acceptors (Lipinski definition) is 7. The summed E-state index contributed by atoms with van der Waals surface area (Å²) in [6.07, 6.45) is 11.2. The van der Waals surface area contributed by atoms with E-state index in [1.165, 1.54) is 0 Å². The summed E-state index contributed by atoms with van der Waals surface area (Å²) in [5.74, 6) is -2.32. The molecule has 0 bridgehead atoms. The molecule has 46 heavy (non-hydrogen) atoms. The molecule has 0 radical (unpaired) electrons. The first-order valence-electron chi connectivity index (χ1n) is 16.3. The monoisotopic (exact) mass is 624 g/mol. The van der Waals surface area contributed by atoms with E-state index >= 15 is 0 Å². The van der Waals surface area contributed by atoms with Gasteiger partial charge in [0.05, 0.1) is 23.0 Å². The van der Waals surface area contributed by atoms with Crippen molar-refractivity contribution in [3.05, 3.63) is 78.9 Å². The SMILES string of the molecule is CC[C@]12C=CCN(c3ccccc3)C(=O)[C@H]1[C@H]1C(=O)N(CCCCCCO)C3C(=O)N(Cn4nnc5ccccc54)CC=C[C@@]31O2. The molecule has 240 valence electrons. The fraction of sp³-hybridized carbons (Fsp3) is 0.457. The second-order valence-corrected chi connectivity index (χ2v) is 12.7. The van der Waals surface area contributed by atoms with Crippen LogP contribution in [0.3, 0.4) is 0 Å². The average Bonchev–Trinajstić information content (AvgIpc) is 3.61. The number of hydrogen-bond donors (Lipinski definition) is 1. The Hall–Kier alpha value is -4.35. The van der Waals surface area contributed by atoms with E-state index in [1.54, 1.807) is 19.4 Å². The Morgan fingerprint density at radius 3 is 2.43 bits per heavy atom. The molecule has 11 nitrogen and oxygen atoms in total. The molecule has 1 spiro atoms. The van der Waals surface area contributed by atoms with Gasteiger partial charge in [0.1, 0.15) is 23.8 Å². The molecule has 3 aromatic rings. The van der Waals surface area contributed by atoms with Crippen molar-refractivity contribution in [3.8, 4) is 0 Å². The molecule has 1 unspecified atom stereocenters. The van der Waals surface area contributed by atoms with Gasteiger partial charge in [0.25, 0.3) is 5.91 Å². The molecule has 0 aliphatic carbocycles. The molecule has 1 aromatic heterocycles. The Morgan fingerprint density at radius 1 is 0.870 bits per heavy atom. The van der Waals surface area contributed by atoms with E-state index in [9.17, 15) is 19.5 Å². The van der Waals surface area contributed by atoms with Crippen LogP contribution in [0.2, 0.25) is 0 Å². The van der Waals surface area contributed by atoms with Gasteiger partial charge in [-0.1, -0.05) is 79.6 Å². The van der Waals surface area contributed by atoms with Gasteiger partial charge in [-0.2, -0.15) is 0 Å². The number of aromatic nitrogens is 3. The number of aliphatic hydroxyl groups excluding tert-OH is 1. The summed E-state index contributed by atoms with van der Waals surface area (Å²) in [4.78, 5) is 49.2. The van der Waals surface area contributed by atoms with Crippen molar-refractivity contribution in [3.63, 3.8) is 0 Å². The molecule has 4 aliphatic rings. The molecule has 2 saturated heterocycles. The minimum absolute atomic E-state index is 0.119. The summed E-state index contributed by atoms with van der Waals surface area (Å²) < 4.78 is 8.80. The van der Waals surface area contributed by atoms with Gasteiger partial charge in [0.2, 0.25) is 11.8 Å². The molecule has 3 amide bonds. The Bertz CT molecular complexity index is 1690. The third kappa shape index (κ3) is 4.75. The highest BCUT2D eigenvalue weighted by atomic mass is 16.5. The van der Waals surface area contributed by atoms with Crippen LogP contribution >= 0.6 is 0 Å². The number of ether oxygens (including phenoxy) is 1. The zero-order valence-electron chi connectivity index (χ0n) is 26.1. The Morgan fingerprint density at radius 2 is 1.63 bits per heavy atom. The van der Waals surface area contributed by atoms with E-state index in [2.05, 4.69) is 10.3 Å². The normalized spacial score (nSPS) is 28.9. The van der Waals surface area contributed by atoms with Gasteiger partial charge in [0, 0.05) is 31.9 Å². The molecule has 2 fully saturated rings. The van der Waals surface area contributed by atoms with Gasteiger partial charge in [-0.15, -0.1) is 5.10 Å². The van der Waals surface area contributed by atoms with Crippen LogP contribution in [0.4, 0.5) is 5.69 Å². The number of carbonyl (C=O) groups excluding carboxylic acids is 3. The number of fused-ring (bicyclic) bond motifs is 3. The fourth-order valence-corrected chi connectivity index (χ4v) is 7.94. The quantitative estimate of drug-likeness (QED) is 0.272. The first-order valence-corrected chi connectivity index (χ1v) is 16.3. The highest BCUT2D eigenvalue weighted by Gasteiger charge is 2.75. The first-order chi connectivity index (χ1) is 22.4. The number of anilines is 1. The van der Waals surface area contributed by atoms with E-state index in [4.69, 9.17) is 4.74 Å². The molecular formula is C35H40N6O5. The Labute approximate surface area is 268 Å². The van der Waals surface area contributed by atoms with Crippen molar-refractivity contribution in [1.82, 2.24) is 24.8 Å².